The van der Waals surface area contributed by atoms with Crippen molar-refractivity contribution in [3.8, 4) is 5.69 Å². The topological polar surface area (TPSA) is 143 Å². The summed E-state index contributed by atoms with van der Waals surface area (Å²) in [7, 11) is -4.26. The van der Waals surface area contributed by atoms with Gasteiger partial charge in [-0.2, -0.15) is 5.10 Å². The second-order valence-corrected chi connectivity index (χ2v) is 11.6. The molecule has 0 saturated carbocycles. The van der Waals surface area contributed by atoms with Gasteiger partial charge in [0.15, 0.2) is 0 Å². The van der Waals surface area contributed by atoms with Crippen molar-refractivity contribution in [2.24, 2.45) is 0 Å². The molecule has 5 aromatic rings. The van der Waals surface area contributed by atoms with E-state index in [1.165, 1.54) is 41.6 Å². The maximum Gasteiger partial charge on any atom is 0.326 e. The number of carboxylic acid groups (broad SMARTS) is 1. The predicted molar refractivity (Wildman–Crippen MR) is 153 cm³/mol. The van der Waals surface area contributed by atoms with Crippen molar-refractivity contribution in [1.29, 1.82) is 0 Å². The molecule has 1 aromatic heterocycles. The second kappa shape index (κ2) is 11.7. The van der Waals surface area contributed by atoms with Gasteiger partial charge in [0.05, 0.1) is 16.3 Å². The molecule has 0 spiro atoms. The fraction of sp³-hybridized carbons (Fsp3) is 0.0714. The molecule has 1 amide bonds. The number of sulfonamides is 1. The molecule has 0 radical (unpaired) electrons. The lowest BCUT2D eigenvalue weighted by Gasteiger charge is -2.17. The Labute approximate surface area is 246 Å². The van der Waals surface area contributed by atoms with Crippen LogP contribution in [-0.2, 0) is 21.2 Å². The number of anilines is 1. The minimum atomic E-state index is -4.26. The minimum Gasteiger partial charge on any atom is -0.480 e. The van der Waals surface area contributed by atoms with Gasteiger partial charge < -0.3 is 10.4 Å². The smallest absolute Gasteiger partial charge is 0.326 e. The number of amides is 1. The summed E-state index contributed by atoms with van der Waals surface area (Å²) in [6.07, 6.45) is 2.57. The number of halogens is 3. The third kappa shape index (κ3) is 5.99. The highest BCUT2D eigenvalue weighted by Crippen LogP contribution is 2.28. The van der Waals surface area contributed by atoms with Crippen LogP contribution in [-0.4, -0.2) is 46.2 Å². The van der Waals surface area contributed by atoms with Crippen LogP contribution >= 0.6 is 15.9 Å². The Bertz CT molecular complexity index is 1900. The highest BCUT2D eigenvalue weighted by molar-refractivity contribution is 9.10. The molecular weight excluding hydrogens is 636 g/mol. The number of aliphatic carboxylic acids is 1. The van der Waals surface area contributed by atoms with E-state index in [0.29, 0.717) is 23.4 Å². The Morgan fingerprint density at radius 1 is 0.976 bits per heavy atom. The number of rotatable bonds is 9. The number of nitrogens with one attached hydrogen (secondary N) is 2. The van der Waals surface area contributed by atoms with Crippen molar-refractivity contribution in [2.45, 2.75) is 17.4 Å². The monoisotopic (exact) mass is 655 g/mol. The average molecular weight is 656 g/mol. The minimum absolute atomic E-state index is 0.161. The molecule has 214 valence electrons. The van der Waals surface area contributed by atoms with Gasteiger partial charge in [0.25, 0.3) is 15.9 Å². The van der Waals surface area contributed by atoms with Crippen LogP contribution in [0.4, 0.5) is 14.5 Å². The van der Waals surface area contributed by atoms with Crippen LogP contribution in [0, 0.1) is 11.6 Å². The SMILES string of the molecule is O=C(NC(Cc1ccc(Br)c2ccccc12)C(=O)O)c1c(F)cc(NS(=O)(=O)c2ccc(-n3cncn3)cc2)cc1F. The van der Waals surface area contributed by atoms with Gasteiger partial charge in [-0.15, -0.1) is 0 Å². The molecule has 0 saturated heterocycles. The first-order chi connectivity index (χ1) is 20.0. The summed E-state index contributed by atoms with van der Waals surface area (Å²) in [5.41, 5.74) is -0.395. The summed E-state index contributed by atoms with van der Waals surface area (Å²) in [4.78, 5) is 28.4. The summed E-state index contributed by atoms with van der Waals surface area (Å²) in [6, 6.07) is 15.9. The van der Waals surface area contributed by atoms with Gasteiger partial charge in [0.1, 0.15) is 35.9 Å². The van der Waals surface area contributed by atoms with Crippen LogP contribution in [0.25, 0.3) is 16.5 Å². The Morgan fingerprint density at radius 3 is 2.26 bits per heavy atom. The number of aromatic nitrogens is 3. The third-order valence-electron chi connectivity index (χ3n) is 6.34. The summed E-state index contributed by atoms with van der Waals surface area (Å²) >= 11 is 3.44. The predicted octanol–water partition coefficient (Wildman–Crippen LogP) is 4.69. The van der Waals surface area contributed by atoms with Crippen LogP contribution in [0.5, 0.6) is 0 Å². The fourth-order valence-corrected chi connectivity index (χ4v) is 5.85. The van der Waals surface area contributed by atoms with Crippen molar-refractivity contribution in [3.05, 3.63) is 113 Å². The summed E-state index contributed by atoms with van der Waals surface area (Å²) in [5, 5.41) is 17.4. The van der Waals surface area contributed by atoms with Crippen molar-refractivity contribution in [1.82, 2.24) is 20.1 Å². The van der Waals surface area contributed by atoms with E-state index in [1.54, 1.807) is 24.3 Å². The molecule has 1 heterocycles. The van der Waals surface area contributed by atoms with Crippen molar-refractivity contribution in [2.75, 3.05) is 4.72 Å². The zero-order valence-corrected chi connectivity index (χ0v) is 23.7. The van der Waals surface area contributed by atoms with Gasteiger partial charge in [-0.05, 0) is 58.8 Å². The number of carboxylic acids is 1. The molecule has 1 unspecified atom stereocenters. The Hall–Kier alpha value is -4.69. The van der Waals surface area contributed by atoms with Crippen LogP contribution in [0.2, 0.25) is 0 Å². The van der Waals surface area contributed by atoms with Crippen molar-refractivity contribution in [3.63, 3.8) is 0 Å². The molecule has 10 nitrogen and oxygen atoms in total. The van der Waals surface area contributed by atoms with Gasteiger partial charge in [-0.25, -0.2) is 31.7 Å². The van der Waals surface area contributed by atoms with Gasteiger partial charge in [0, 0.05) is 10.9 Å². The maximum absolute atomic E-state index is 15.0. The number of benzene rings is 4. The summed E-state index contributed by atoms with van der Waals surface area (Å²) in [6.45, 7) is 0. The normalized spacial score (nSPS) is 12.2. The fourth-order valence-electron chi connectivity index (χ4n) is 4.34. The van der Waals surface area contributed by atoms with E-state index in [2.05, 4.69) is 36.1 Å². The van der Waals surface area contributed by atoms with Crippen molar-refractivity contribution >= 4 is 54.3 Å². The number of nitrogens with zero attached hydrogens (tertiary/aromatic N) is 3. The molecule has 1 atom stereocenters. The first-order valence-corrected chi connectivity index (χ1v) is 14.5. The van der Waals surface area contributed by atoms with Crippen LogP contribution < -0.4 is 10.0 Å². The molecule has 3 N–H and O–H groups in total. The van der Waals surface area contributed by atoms with Crippen LogP contribution in [0.3, 0.4) is 0 Å². The molecule has 0 fully saturated rings. The highest BCUT2D eigenvalue weighted by Gasteiger charge is 2.27. The summed E-state index contributed by atoms with van der Waals surface area (Å²) < 4.78 is 59.9. The molecule has 4 aromatic carbocycles. The number of hydrogen-bond donors (Lipinski definition) is 3. The Balaban J connectivity index is 1.34. The van der Waals surface area contributed by atoms with E-state index in [0.717, 1.165) is 15.2 Å². The standard InChI is InChI=1S/C28H20BrF2N5O5S/c29-22-10-5-16(20-3-1-2-4-21(20)22)11-25(28(38)39)34-27(37)26-23(30)12-17(13-24(26)31)35-42(40,41)19-8-6-18(7-9-19)36-15-32-14-33-36/h1-10,12-15,25,35H,11H2,(H,34,37)(H,38,39). The van der Waals surface area contributed by atoms with Crippen LogP contribution in [0.15, 0.2) is 94.8 Å². The second-order valence-electron chi connectivity index (χ2n) is 9.07. The van der Waals surface area contributed by atoms with E-state index in [-0.39, 0.29) is 11.3 Å². The molecule has 14 heteroatoms. The molecule has 42 heavy (non-hydrogen) atoms. The molecule has 5 rings (SSSR count). The summed E-state index contributed by atoms with van der Waals surface area (Å²) in [5.74, 6) is -5.48. The Morgan fingerprint density at radius 2 is 1.64 bits per heavy atom. The lowest BCUT2D eigenvalue weighted by molar-refractivity contribution is -0.139. The number of hydrogen-bond acceptors (Lipinski definition) is 6. The molecule has 0 aliphatic carbocycles. The molecule has 0 bridgehead atoms. The van der Waals surface area contributed by atoms with Gasteiger partial charge in [-0.1, -0.05) is 46.3 Å². The third-order valence-corrected chi connectivity index (χ3v) is 8.43. The van der Waals surface area contributed by atoms with Crippen LogP contribution in [0.1, 0.15) is 15.9 Å². The average Bonchev–Trinajstić information content (AvgIpc) is 3.49. The maximum atomic E-state index is 15.0. The zero-order valence-electron chi connectivity index (χ0n) is 21.3. The number of carbonyl (C=O) groups is 2. The molecule has 0 aliphatic rings. The van der Waals surface area contributed by atoms with Gasteiger partial charge in [0.2, 0.25) is 0 Å². The van der Waals surface area contributed by atoms with E-state index in [4.69, 9.17) is 0 Å². The lowest BCUT2D eigenvalue weighted by atomic mass is 9.98. The Kier molecular flexibility index (Phi) is 8.00. The van der Waals surface area contributed by atoms with Gasteiger partial charge in [-0.3, -0.25) is 9.52 Å². The number of fused-ring (bicyclic) bond motifs is 1. The van der Waals surface area contributed by atoms with Crippen molar-refractivity contribution < 1.29 is 31.9 Å². The van der Waals surface area contributed by atoms with Gasteiger partial charge >= 0.3 is 5.97 Å². The van der Waals surface area contributed by atoms with E-state index in [1.807, 2.05) is 12.1 Å². The first-order valence-electron chi connectivity index (χ1n) is 12.2. The highest BCUT2D eigenvalue weighted by atomic mass is 79.9. The quantitative estimate of drug-likeness (QED) is 0.209. The first kappa shape index (κ1) is 28.8. The van der Waals surface area contributed by atoms with E-state index in [9.17, 15) is 31.9 Å². The lowest BCUT2D eigenvalue weighted by Crippen LogP contribution is -2.43. The number of carbonyl (C=O) groups excluding carboxylic acids is 1. The molecular formula is C28H20BrF2N5O5S. The largest absolute Gasteiger partial charge is 0.480 e. The van der Waals surface area contributed by atoms with E-state index < -0.39 is 50.8 Å². The molecule has 0 aliphatic heterocycles. The zero-order chi connectivity index (χ0) is 30.0. The van der Waals surface area contributed by atoms with E-state index >= 15 is 0 Å².